The van der Waals surface area contributed by atoms with Crippen molar-refractivity contribution in [1.82, 2.24) is 4.98 Å². The number of hydrogen-bond acceptors (Lipinski definition) is 3. The summed E-state index contributed by atoms with van der Waals surface area (Å²) in [5.41, 5.74) is 0. The summed E-state index contributed by atoms with van der Waals surface area (Å²) in [5, 5.41) is 9.51. The first-order chi connectivity index (χ1) is 5.11. The number of thiazole rings is 1. The van der Waals surface area contributed by atoms with E-state index in [9.17, 15) is 8.78 Å². The van der Waals surface area contributed by atoms with Gasteiger partial charge in [0.25, 0.3) is 6.43 Å². The molecule has 0 fully saturated rings. The van der Waals surface area contributed by atoms with Gasteiger partial charge in [-0.05, 0) is 6.92 Å². The first-order valence-corrected chi connectivity index (χ1v) is 3.81. The lowest BCUT2D eigenvalue weighted by atomic mass is 10.3. The fourth-order valence-electron chi connectivity index (χ4n) is 0.639. The van der Waals surface area contributed by atoms with Crippen LogP contribution in [-0.4, -0.2) is 16.5 Å². The van der Waals surface area contributed by atoms with Gasteiger partial charge in [0.1, 0.15) is 0 Å². The summed E-state index contributed by atoms with van der Waals surface area (Å²) in [6.45, 7) is 1.70. The Kier molecular flexibility index (Phi) is 2.51. The van der Waals surface area contributed by atoms with Crippen LogP contribution >= 0.6 is 11.3 Å². The molecule has 62 valence electrons. The van der Waals surface area contributed by atoms with E-state index in [1.165, 1.54) is 6.20 Å². The van der Waals surface area contributed by atoms with Crippen molar-refractivity contribution < 1.29 is 13.9 Å². The van der Waals surface area contributed by atoms with Crippen molar-refractivity contribution in [2.75, 3.05) is 0 Å². The zero-order valence-electron chi connectivity index (χ0n) is 5.79. The summed E-state index contributed by atoms with van der Waals surface area (Å²) in [7, 11) is 0. The summed E-state index contributed by atoms with van der Waals surface area (Å²) in [6, 6.07) is 0. The van der Waals surface area contributed by atoms with Crippen molar-refractivity contribution in [3.8, 4) is 0 Å². The number of aliphatic hydroxyl groups excluding tert-OH is 1. The van der Waals surface area contributed by atoms with E-state index in [1.54, 1.807) is 6.92 Å². The van der Waals surface area contributed by atoms with Gasteiger partial charge >= 0.3 is 0 Å². The molecule has 0 spiro atoms. The fourth-order valence-corrected chi connectivity index (χ4v) is 1.41. The van der Waals surface area contributed by atoms with Crippen LogP contribution in [0, 0.1) is 6.92 Å². The molecule has 1 N–H and O–H groups in total. The molecule has 0 saturated carbocycles. The molecule has 1 atom stereocenters. The largest absolute Gasteiger partial charge is 0.382 e. The van der Waals surface area contributed by atoms with Crippen molar-refractivity contribution in [2.45, 2.75) is 19.5 Å². The Morgan fingerprint density at radius 3 is 2.64 bits per heavy atom. The van der Waals surface area contributed by atoms with Crippen molar-refractivity contribution >= 4 is 11.3 Å². The highest BCUT2D eigenvalue weighted by atomic mass is 32.1. The number of nitrogens with zero attached hydrogens (tertiary/aromatic N) is 1. The van der Waals surface area contributed by atoms with Crippen LogP contribution in [0.2, 0.25) is 0 Å². The molecule has 11 heavy (non-hydrogen) atoms. The number of aliphatic hydroxyl groups is 1. The molecular formula is C6H7F2NOS. The van der Waals surface area contributed by atoms with Gasteiger partial charge in [0.15, 0.2) is 6.10 Å². The minimum absolute atomic E-state index is 0.220. The number of alkyl halides is 2. The van der Waals surface area contributed by atoms with E-state index in [4.69, 9.17) is 5.11 Å². The third-order valence-electron chi connectivity index (χ3n) is 1.17. The maximum atomic E-state index is 11.9. The minimum atomic E-state index is -2.73. The van der Waals surface area contributed by atoms with Gasteiger partial charge in [-0.15, -0.1) is 11.3 Å². The van der Waals surface area contributed by atoms with E-state index in [0.29, 0.717) is 5.01 Å². The second-order valence-corrected chi connectivity index (χ2v) is 3.33. The molecule has 0 saturated heterocycles. The van der Waals surface area contributed by atoms with Crippen LogP contribution in [0.4, 0.5) is 8.78 Å². The molecular weight excluding hydrogens is 172 g/mol. The average molecular weight is 179 g/mol. The van der Waals surface area contributed by atoms with Crippen LogP contribution in [0.25, 0.3) is 0 Å². The molecule has 1 heterocycles. The summed E-state index contributed by atoms with van der Waals surface area (Å²) >= 11 is 1.08. The molecule has 0 aromatic carbocycles. The van der Waals surface area contributed by atoms with Crippen molar-refractivity contribution in [2.24, 2.45) is 0 Å². The summed E-state index contributed by atoms with van der Waals surface area (Å²) < 4.78 is 23.7. The SMILES string of the molecule is Cc1ncc(C(O)C(F)F)s1. The first kappa shape index (κ1) is 8.55. The zero-order chi connectivity index (χ0) is 8.43. The molecule has 0 radical (unpaired) electrons. The Hall–Kier alpha value is -0.550. The molecule has 1 rings (SSSR count). The van der Waals surface area contributed by atoms with Gasteiger partial charge in [0.2, 0.25) is 0 Å². The van der Waals surface area contributed by atoms with Gasteiger partial charge in [-0.3, -0.25) is 0 Å². The van der Waals surface area contributed by atoms with Crippen LogP contribution in [0.1, 0.15) is 16.0 Å². The van der Waals surface area contributed by atoms with Crippen molar-refractivity contribution in [3.63, 3.8) is 0 Å². The van der Waals surface area contributed by atoms with Gasteiger partial charge in [-0.1, -0.05) is 0 Å². The number of aryl methyl sites for hydroxylation is 1. The minimum Gasteiger partial charge on any atom is -0.382 e. The second kappa shape index (κ2) is 3.23. The summed E-state index contributed by atoms with van der Waals surface area (Å²) in [4.78, 5) is 3.97. The number of hydrogen-bond donors (Lipinski definition) is 1. The predicted octanol–water partition coefficient (Wildman–Crippen LogP) is 1.75. The van der Waals surface area contributed by atoms with E-state index in [0.717, 1.165) is 11.3 Å². The smallest absolute Gasteiger partial charge is 0.269 e. The fraction of sp³-hybridized carbons (Fsp3) is 0.500. The Morgan fingerprint density at radius 2 is 2.27 bits per heavy atom. The molecule has 0 amide bonds. The highest BCUT2D eigenvalue weighted by molar-refractivity contribution is 7.11. The van der Waals surface area contributed by atoms with Crippen LogP contribution in [0.15, 0.2) is 6.20 Å². The topological polar surface area (TPSA) is 33.1 Å². The lowest BCUT2D eigenvalue weighted by molar-refractivity contribution is -0.00381. The van der Waals surface area contributed by atoms with Gasteiger partial charge in [0.05, 0.1) is 9.88 Å². The Balaban J connectivity index is 2.76. The zero-order valence-corrected chi connectivity index (χ0v) is 6.61. The molecule has 1 unspecified atom stereocenters. The van der Waals surface area contributed by atoms with Crippen LogP contribution < -0.4 is 0 Å². The Bertz CT molecular complexity index is 238. The summed E-state index contributed by atoms with van der Waals surface area (Å²) in [6.07, 6.45) is -3.13. The van der Waals surface area contributed by atoms with Gasteiger partial charge in [-0.25, -0.2) is 13.8 Å². The number of aromatic nitrogens is 1. The third kappa shape index (κ3) is 1.94. The van der Waals surface area contributed by atoms with Gasteiger partial charge < -0.3 is 5.11 Å². The lowest BCUT2D eigenvalue weighted by Gasteiger charge is -2.04. The normalized spacial score (nSPS) is 13.9. The first-order valence-electron chi connectivity index (χ1n) is 3.00. The van der Waals surface area contributed by atoms with Crippen molar-refractivity contribution in [3.05, 3.63) is 16.1 Å². The highest BCUT2D eigenvalue weighted by Gasteiger charge is 2.20. The Morgan fingerprint density at radius 1 is 1.64 bits per heavy atom. The van der Waals surface area contributed by atoms with Crippen LogP contribution in [-0.2, 0) is 0 Å². The quantitative estimate of drug-likeness (QED) is 0.750. The molecule has 0 aliphatic carbocycles. The molecule has 5 heteroatoms. The molecule has 1 aromatic heterocycles. The Labute approximate surface area is 66.5 Å². The average Bonchev–Trinajstić information content (AvgIpc) is 2.34. The maximum Gasteiger partial charge on any atom is 0.269 e. The summed E-state index contributed by atoms with van der Waals surface area (Å²) in [5.74, 6) is 0. The number of rotatable bonds is 2. The van der Waals surface area contributed by atoms with Crippen LogP contribution in [0.5, 0.6) is 0 Å². The monoisotopic (exact) mass is 179 g/mol. The van der Waals surface area contributed by atoms with Gasteiger partial charge in [0, 0.05) is 6.20 Å². The van der Waals surface area contributed by atoms with E-state index >= 15 is 0 Å². The molecule has 0 aliphatic heterocycles. The van der Waals surface area contributed by atoms with E-state index < -0.39 is 12.5 Å². The highest BCUT2D eigenvalue weighted by Crippen LogP contribution is 2.24. The standard InChI is InChI=1S/C6H7F2NOS/c1-3-9-2-4(11-3)5(10)6(7)8/h2,5-6,10H,1H3. The van der Waals surface area contributed by atoms with Gasteiger partial charge in [-0.2, -0.15) is 0 Å². The van der Waals surface area contributed by atoms with E-state index in [-0.39, 0.29) is 4.88 Å². The third-order valence-corrected chi connectivity index (χ3v) is 2.15. The molecule has 2 nitrogen and oxygen atoms in total. The van der Waals surface area contributed by atoms with Crippen molar-refractivity contribution in [1.29, 1.82) is 0 Å². The number of halogens is 2. The predicted molar refractivity (Wildman–Crippen MR) is 37.8 cm³/mol. The maximum absolute atomic E-state index is 11.9. The van der Waals surface area contributed by atoms with Crippen LogP contribution in [0.3, 0.4) is 0 Å². The van der Waals surface area contributed by atoms with E-state index in [2.05, 4.69) is 4.98 Å². The van der Waals surface area contributed by atoms with E-state index in [1.807, 2.05) is 0 Å². The lowest BCUT2D eigenvalue weighted by Crippen LogP contribution is -2.05. The molecule has 1 aromatic rings. The molecule has 0 aliphatic rings. The molecule has 0 bridgehead atoms. The second-order valence-electron chi connectivity index (χ2n) is 2.06.